The molecule has 0 saturated carbocycles. The summed E-state index contributed by atoms with van der Waals surface area (Å²) in [5.41, 5.74) is 0. The van der Waals surface area contributed by atoms with Gasteiger partial charge < -0.3 is 20.3 Å². The summed E-state index contributed by atoms with van der Waals surface area (Å²) in [6.45, 7) is 6.32. The van der Waals surface area contributed by atoms with Crippen LogP contribution in [0.15, 0.2) is 97.2 Å². The maximum Gasteiger partial charge on any atom is 0.306 e. The van der Waals surface area contributed by atoms with E-state index in [1.165, 1.54) is 89.9 Å². The van der Waals surface area contributed by atoms with Crippen molar-refractivity contribution in [2.75, 3.05) is 6.61 Å². The summed E-state index contributed by atoms with van der Waals surface area (Å²) in [6, 6.07) is -0.733. The van der Waals surface area contributed by atoms with Crippen molar-refractivity contribution in [3.05, 3.63) is 97.2 Å². The first-order chi connectivity index (χ1) is 31.0. The van der Waals surface area contributed by atoms with E-state index in [1.807, 2.05) is 6.08 Å². The molecule has 0 fully saturated rings. The van der Waals surface area contributed by atoms with Crippen molar-refractivity contribution in [1.82, 2.24) is 5.32 Å². The Labute approximate surface area is 388 Å². The normalized spacial score (nSPS) is 14.0. The minimum Gasteiger partial charge on any atom is -0.462 e. The standard InChI is InChI=1S/C57H97NO5/c1-4-7-10-13-16-19-22-25-27-29-31-33-36-39-42-45-48-53(63-57(62)50-47-44-41-38-35-32-30-28-26-23-20-17-14-11-8-5-2)51-56(61)58-54(52-59)55(60)49-46-43-40-37-34-24-21-18-15-12-9-6-3/h8,11,17,20,22,25-29,31-33,35,41,44,53-55,59-60H,4-7,9-10,12-16,18-19,21,23-24,30,34,36-40,42-43,45-52H2,1-3H3,(H,58,61)/b11-8+,20-17+,25-22+,28-26+,29-27+,33-31+,35-32+,44-41+. The number of ether oxygens (including phenoxy) is 1. The van der Waals surface area contributed by atoms with Crippen LogP contribution in [-0.2, 0) is 14.3 Å². The smallest absolute Gasteiger partial charge is 0.306 e. The Kier molecular flexibility index (Phi) is 47.2. The van der Waals surface area contributed by atoms with Crippen LogP contribution in [0.3, 0.4) is 0 Å². The van der Waals surface area contributed by atoms with E-state index in [0.717, 1.165) is 83.5 Å². The summed E-state index contributed by atoms with van der Waals surface area (Å²) < 4.78 is 5.88. The first-order valence-electron chi connectivity index (χ1n) is 26.0. The zero-order valence-corrected chi connectivity index (χ0v) is 40.9. The van der Waals surface area contributed by atoms with Crippen LogP contribution in [0.4, 0.5) is 0 Å². The Morgan fingerprint density at radius 2 is 0.921 bits per heavy atom. The highest BCUT2D eigenvalue weighted by molar-refractivity contribution is 5.77. The molecule has 63 heavy (non-hydrogen) atoms. The number of aliphatic hydroxyl groups excluding tert-OH is 2. The molecular weight excluding hydrogens is 779 g/mol. The predicted molar refractivity (Wildman–Crippen MR) is 273 cm³/mol. The maximum absolute atomic E-state index is 13.2. The molecule has 0 aliphatic heterocycles. The number of allylic oxidation sites excluding steroid dienone is 16. The highest BCUT2D eigenvalue weighted by atomic mass is 16.5. The number of hydrogen-bond donors (Lipinski definition) is 3. The quantitative estimate of drug-likeness (QED) is 0.0245. The molecule has 0 aromatic heterocycles. The van der Waals surface area contributed by atoms with Gasteiger partial charge in [-0.1, -0.05) is 227 Å². The fourth-order valence-corrected chi connectivity index (χ4v) is 7.30. The second-order valence-corrected chi connectivity index (χ2v) is 17.2. The van der Waals surface area contributed by atoms with Gasteiger partial charge in [-0.25, -0.2) is 0 Å². The highest BCUT2D eigenvalue weighted by Gasteiger charge is 2.24. The number of unbranched alkanes of at least 4 members (excludes halogenated alkanes) is 19. The molecule has 0 aromatic carbocycles. The first kappa shape index (κ1) is 59.8. The number of carbonyl (C=O) groups excluding carboxylic acids is 2. The highest BCUT2D eigenvalue weighted by Crippen LogP contribution is 2.16. The van der Waals surface area contributed by atoms with Gasteiger partial charge >= 0.3 is 5.97 Å². The lowest BCUT2D eigenvalue weighted by molar-refractivity contribution is -0.150. The summed E-state index contributed by atoms with van der Waals surface area (Å²) in [5.74, 6) is -0.613. The van der Waals surface area contributed by atoms with Gasteiger partial charge in [0.25, 0.3) is 0 Å². The lowest BCUT2D eigenvalue weighted by Crippen LogP contribution is -2.46. The number of nitrogens with one attached hydrogen (secondary N) is 1. The fraction of sp³-hybridized carbons (Fsp3) is 0.684. The number of esters is 1. The summed E-state index contributed by atoms with van der Waals surface area (Å²) in [6.07, 6.45) is 66.1. The van der Waals surface area contributed by atoms with Crippen LogP contribution in [-0.4, -0.2) is 46.9 Å². The molecule has 6 nitrogen and oxygen atoms in total. The van der Waals surface area contributed by atoms with Gasteiger partial charge in [0.1, 0.15) is 6.10 Å². The lowest BCUT2D eigenvalue weighted by atomic mass is 10.0. The minimum absolute atomic E-state index is 0.0200. The fourth-order valence-electron chi connectivity index (χ4n) is 7.30. The first-order valence-corrected chi connectivity index (χ1v) is 26.0. The summed E-state index contributed by atoms with van der Waals surface area (Å²) in [4.78, 5) is 26.1. The maximum atomic E-state index is 13.2. The third-order valence-corrected chi connectivity index (χ3v) is 11.2. The molecule has 3 unspecified atom stereocenters. The number of carbonyl (C=O) groups is 2. The van der Waals surface area contributed by atoms with Crippen molar-refractivity contribution in [3.8, 4) is 0 Å². The van der Waals surface area contributed by atoms with Crippen molar-refractivity contribution in [2.45, 2.75) is 244 Å². The minimum atomic E-state index is -0.814. The van der Waals surface area contributed by atoms with Gasteiger partial charge in [0.15, 0.2) is 0 Å². The van der Waals surface area contributed by atoms with Crippen molar-refractivity contribution in [3.63, 3.8) is 0 Å². The molecule has 0 saturated heterocycles. The molecule has 0 aliphatic rings. The molecular formula is C57H97NO5. The summed E-state index contributed by atoms with van der Waals surface area (Å²) in [5, 5.41) is 23.7. The van der Waals surface area contributed by atoms with Crippen molar-refractivity contribution >= 4 is 11.9 Å². The van der Waals surface area contributed by atoms with Crippen LogP contribution in [0.2, 0.25) is 0 Å². The molecule has 6 heteroatoms. The predicted octanol–water partition coefficient (Wildman–Crippen LogP) is 15.7. The van der Waals surface area contributed by atoms with E-state index in [0.29, 0.717) is 19.3 Å². The zero-order valence-electron chi connectivity index (χ0n) is 40.9. The van der Waals surface area contributed by atoms with E-state index >= 15 is 0 Å². The summed E-state index contributed by atoms with van der Waals surface area (Å²) in [7, 11) is 0. The zero-order chi connectivity index (χ0) is 45.9. The van der Waals surface area contributed by atoms with E-state index in [9.17, 15) is 19.8 Å². The van der Waals surface area contributed by atoms with Gasteiger partial charge in [-0.3, -0.25) is 9.59 Å². The Morgan fingerprint density at radius 3 is 1.41 bits per heavy atom. The Morgan fingerprint density at radius 1 is 0.492 bits per heavy atom. The third kappa shape index (κ3) is 45.2. The Balaban J connectivity index is 4.80. The van der Waals surface area contributed by atoms with Crippen LogP contribution >= 0.6 is 0 Å². The molecule has 0 heterocycles. The lowest BCUT2D eigenvalue weighted by Gasteiger charge is -2.24. The van der Waals surface area contributed by atoms with Gasteiger partial charge in [0, 0.05) is 6.42 Å². The molecule has 0 rings (SSSR count). The van der Waals surface area contributed by atoms with Gasteiger partial charge in [-0.15, -0.1) is 0 Å². The molecule has 0 bridgehead atoms. The van der Waals surface area contributed by atoms with E-state index in [4.69, 9.17) is 4.74 Å². The molecule has 3 atom stereocenters. The van der Waals surface area contributed by atoms with E-state index in [-0.39, 0.29) is 31.3 Å². The number of aliphatic hydroxyl groups is 2. The average molecular weight is 876 g/mol. The molecule has 0 radical (unpaired) electrons. The van der Waals surface area contributed by atoms with Crippen LogP contribution in [0.5, 0.6) is 0 Å². The van der Waals surface area contributed by atoms with Crippen molar-refractivity contribution < 1.29 is 24.5 Å². The molecule has 0 aliphatic carbocycles. The number of amides is 1. The molecule has 3 N–H and O–H groups in total. The number of rotatable bonds is 45. The number of hydrogen-bond acceptors (Lipinski definition) is 5. The van der Waals surface area contributed by atoms with Crippen LogP contribution < -0.4 is 5.32 Å². The second-order valence-electron chi connectivity index (χ2n) is 17.2. The topological polar surface area (TPSA) is 95.9 Å². The molecule has 1 amide bonds. The van der Waals surface area contributed by atoms with E-state index < -0.39 is 18.2 Å². The van der Waals surface area contributed by atoms with Crippen molar-refractivity contribution in [2.24, 2.45) is 0 Å². The molecule has 360 valence electrons. The van der Waals surface area contributed by atoms with E-state index in [1.54, 1.807) is 0 Å². The average Bonchev–Trinajstić information content (AvgIpc) is 3.28. The van der Waals surface area contributed by atoms with E-state index in [2.05, 4.69) is 117 Å². The van der Waals surface area contributed by atoms with Gasteiger partial charge in [0.05, 0.1) is 25.2 Å². The Hall–Kier alpha value is -3.22. The van der Waals surface area contributed by atoms with Gasteiger partial charge in [0.2, 0.25) is 5.91 Å². The van der Waals surface area contributed by atoms with Crippen molar-refractivity contribution in [1.29, 1.82) is 0 Å². The largest absolute Gasteiger partial charge is 0.462 e. The van der Waals surface area contributed by atoms with Gasteiger partial charge in [-0.2, -0.15) is 0 Å². The third-order valence-electron chi connectivity index (χ3n) is 11.2. The van der Waals surface area contributed by atoms with Crippen LogP contribution in [0.25, 0.3) is 0 Å². The monoisotopic (exact) mass is 876 g/mol. The Bertz CT molecular complexity index is 1260. The van der Waals surface area contributed by atoms with Gasteiger partial charge in [-0.05, 0) is 83.5 Å². The summed E-state index contributed by atoms with van der Waals surface area (Å²) >= 11 is 0. The second kappa shape index (κ2) is 49.8. The SMILES string of the molecule is CC/C=C/C/C=C/C/C=C/C/C=C/C/C=C/CCC(=O)OC(CCCCC/C=C/C=C/C=C/CCCCCCC)CC(=O)NC(CO)C(O)CCCCCCCCCCCCCC. The molecule has 0 aromatic rings. The van der Waals surface area contributed by atoms with Crippen LogP contribution in [0.1, 0.15) is 226 Å². The molecule has 0 spiro atoms. The van der Waals surface area contributed by atoms with Crippen LogP contribution in [0, 0.1) is 0 Å².